The zero-order valence-corrected chi connectivity index (χ0v) is 10.5. The normalized spacial score (nSPS) is 18.2. The van der Waals surface area contributed by atoms with Gasteiger partial charge in [-0.2, -0.15) is 0 Å². The summed E-state index contributed by atoms with van der Waals surface area (Å²) in [4.78, 5) is 34.3. The zero-order chi connectivity index (χ0) is 14.9. The fourth-order valence-corrected chi connectivity index (χ4v) is 2.09. The summed E-state index contributed by atoms with van der Waals surface area (Å²) in [7, 11) is 1.20. The van der Waals surface area contributed by atoms with E-state index in [1.54, 1.807) is 0 Å². The van der Waals surface area contributed by atoms with Gasteiger partial charge in [-0.1, -0.05) is 0 Å². The van der Waals surface area contributed by atoms with Crippen molar-refractivity contribution >= 4 is 23.3 Å². The summed E-state index contributed by atoms with van der Waals surface area (Å²) < 4.78 is 18.3. The highest BCUT2D eigenvalue weighted by Crippen LogP contribution is 2.30. The van der Waals surface area contributed by atoms with E-state index in [4.69, 9.17) is 0 Å². The van der Waals surface area contributed by atoms with Gasteiger partial charge in [-0.3, -0.25) is 19.7 Å². The monoisotopic (exact) mass is 282 g/mol. The number of carbonyl (C=O) groups excluding carboxylic acids is 2. The van der Waals surface area contributed by atoms with E-state index in [9.17, 15) is 24.1 Å². The van der Waals surface area contributed by atoms with E-state index in [-0.39, 0.29) is 24.3 Å². The van der Waals surface area contributed by atoms with Crippen molar-refractivity contribution in [3.8, 4) is 0 Å². The van der Waals surface area contributed by atoms with Gasteiger partial charge in [0.15, 0.2) is 0 Å². The lowest BCUT2D eigenvalue weighted by atomic mass is 10.1. The van der Waals surface area contributed by atoms with Crippen molar-refractivity contribution in [2.45, 2.75) is 6.42 Å². The molecule has 1 saturated heterocycles. The van der Waals surface area contributed by atoms with Crippen LogP contribution in [0.5, 0.6) is 0 Å². The lowest BCUT2D eigenvalue weighted by molar-refractivity contribution is -0.384. The third-order valence-corrected chi connectivity index (χ3v) is 3.09. The van der Waals surface area contributed by atoms with E-state index in [0.717, 1.165) is 23.1 Å². The van der Waals surface area contributed by atoms with Crippen LogP contribution >= 0.6 is 0 Å². The average Bonchev–Trinajstić information content (AvgIpc) is 2.80. The van der Waals surface area contributed by atoms with Gasteiger partial charge in [0, 0.05) is 25.1 Å². The molecule has 0 saturated carbocycles. The first-order valence-electron chi connectivity index (χ1n) is 5.76. The molecular weight excluding hydrogens is 271 g/mol. The number of hydrogen-bond acceptors (Lipinski definition) is 5. The maximum absolute atomic E-state index is 13.7. The second-order valence-electron chi connectivity index (χ2n) is 4.32. The number of benzene rings is 1. The van der Waals surface area contributed by atoms with Crippen LogP contribution in [0, 0.1) is 21.8 Å². The Kier molecular flexibility index (Phi) is 3.64. The third kappa shape index (κ3) is 2.44. The van der Waals surface area contributed by atoms with Crippen molar-refractivity contribution in [3.63, 3.8) is 0 Å². The minimum atomic E-state index is -0.755. The average molecular weight is 282 g/mol. The van der Waals surface area contributed by atoms with Crippen molar-refractivity contribution in [1.82, 2.24) is 0 Å². The number of nitrogens with zero attached hydrogens (tertiary/aromatic N) is 2. The molecule has 0 radical (unpaired) electrons. The molecule has 1 aliphatic heterocycles. The topological polar surface area (TPSA) is 89.8 Å². The maximum Gasteiger partial charge on any atom is 0.311 e. The minimum Gasteiger partial charge on any atom is -0.469 e. The molecule has 8 heteroatoms. The largest absolute Gasteiger partial charge is 0.469 e. The number of nitro groups is 1. The molecule has 1 atom stereocenters. The molecular formula is C12H11FN2O5. The molecule has 1 fully saturated rings. The summed E-state index contributed by atoms with van der Waals surface area (Å²) >= 11 is 0. The lowest BCUT2D eigenvalue weighted by Gasteiger charge is -2.16. The molecule has 1 unspecified atom stereocenters. The van der Waals surface area contributed by atoms with E-state index in [2.05, 4.69) is 4.74 Å². The van der Waals surface area contributed by atoms with Crippen LogP contribution in [-0.2, 0) is 14.3 Å². The number of hydrogen-bond donors (Lipinski definition) is 0. The quantitative estimate of drug-likeness (QED) is 0.473. The van der Waals surface area contributed by atoms with Gasteiger partial charge in [0.25, 0.3) is 5.69 Å². The molecule has 0 N–H and O–H groups in total. The van der Waals surface area contributed by atoms with Crippen molar-refractivity contribution < 1.29 is 23.6 Å². The van der Waals surface area contributed by atoms with Crippen molar-refractivity contribution in [1.29, 1.82) is 0 Å². The van der Waals surface area contributed by atoms with E-state index >= 15 is 0 Å². The Bertz CT molecular complexity index is 589. The third-order valence-electron chi connectivity index (χ3n) is 3.09. The highest BCUT2D eigenvalue weighted by Gasteiger charge is 2.37. The molecule has 2 rings (SSSR count). The number of esters is 1. The number of nitro benzene ring substituents is 1. The van der Waals surface area contributed by atoms with Crippen LogP contribution in [-0.4, -0.2) is 30.5 Å². The summed E-state index contributed by atoms with van der Waals surface area (Å²) in [6.07, 6.45) is -0.102. The minimum absolute atomic E-state index is 0.0520. The summed E-state index contributed by atoms with van der Waals surface area (Å²) in [5.74, 6) is -2.48. The highest BCUT2D eigenvalue weighted by molar-refractivity contribution is 5.99. The van der Waals surface area contributed by atoms with E-state index in [1.807, 2.05) is 0 Å². The van der Waals surface area contributed by atoms with Gasteiger partial charge in [0.1, 0.15) is 5.82 Å². The second-order valence-corrected chi connectivity index (χ2v) is 4.32. The molecule has 0 aliphatic carbocycles. The first-order valence-corrected chi connectivity index (χ1v) is 5.76. The molecule has 1 heterocycles. The number of methoxy groups -OCH3 is 1. The van der Waals surface area contributed by atoms with Crippen LogP contribution in [0.2, 0.25) is 0 Å². The standard InChI is InChI=1S/C12H11FN2O5/c1-20-12(17)7-4-11(16)14(6-7)10-5-8(15(18)19)2-3-9(10)13/h2-3,5,7H,4,6H2,1H3. The Hall–Kier alpha value is -2.51. The predicted octanol–water partition coefficient (Wildman–Crippen LogP) is 1.26. The van der Waals surface area contributed by atoms with Crippen LogP contribution in [0.3, 0.4) is 0 Å². The maximum atomic E-state index is 13.7. The van der Waals surface area contributed by atoms with Crippen molar-refractivity contribution in [2.24, 2.45) is 5.92 Å². The SMILES string of the molecule is COC(=O)C1CC(=O)N(c2cc([N+](=O)[O-])ccc2F)C1. The smallest absolute Gasteiger partial charge is 0.311 e. The van der Waals surface area contributed by atoms with Crippen LogP contribution < -0.4 is 4.90 Å². The Morgan fingerprint density at radius 1 is 1.55 bits per heavy atom. The van der Waals surface area contributed by atoms with Crippen molar-refractivity contribution in [2.75, 3.05) is 18.6 Å². The van der Waals surface area contributed by atoms with Crippen molar-refractivity contribution in [3.05, 3.63) is 34.1 Å². The first kappa shape index (κ1) is 13.9. The number of anilines is 1. The van der Waals surface area contributed by atoms with Gasteiger partial charge in [0.2, 0.25) is 5.91 Å². The number of ether oxygens (including phenoxy) is 1. The number of amides is 1. The van der Waals surface area contributed by atoms with E-state index < -0.39 is 28.5 Å². The van der Waals surface area contributed by atoms with Gasteiger partial charge in [-0.05, 0) is 6.07 Å². The number of rotatable bonds is 3. The number of carbonyl (C=O) groups is 2. The Morgan fingerprint density at radius 2 is 2.25 bits per heavy atom. The molecule has 106 valence electrons. The molecule has 0 aromatic heterocycles. The molecule has 0 bridgehead atoms. The Morgan fingerprint density at radius 3 is 2.85 bits per heavy atom. The fraction of sp³-hybridized carbons (Fsp3) is 0.333. The fourth-order valence-electron chi connectivity index (χ4n) is 2.09. The Balaban J connectivity index is 2.32. The molecule has 1 aromatic carbocycles. The van der Waals surface area contributed by atoms with E-state index in [1.165, 1.54) is 7.11 Å². The van der Waals surface area contributed by atoms with Gasteiger partial charge < -0.3 is 9.64 Å². The second kappa shape index (κ2) is 5.24. The number of halogens is 1. The van der Waals surface area contributed by atoms with Gasteiger partial charge in [-0.15, -0.1) is 0 Å². The summed E-state index contributed by atoms with van der Waals surface area (Å²) in [5, 5.41) is 10.7. The molecule has 0 spiro atoms. The summed E-state index contributed by atoms with van der Waals surface area (Å²) in [6.45, 7) is -0.0520. The van der Waals surface area contributed by atoms with Crippen LogP contribution in [0.15, 0.2) is 18.2 Å². The molecule has 1 amide bonds. The van der Waals surface area contributed by atoms with Gasteiger partial charge in [0.05, 0.1) is 23.6 Å². The van der Waals surface area contributed by atoms with E-state index in [0.29, 0.717) is 0 Å². The Labute approximate surface area is 113 Å². The summed E-state index contributed by atoms with van der Waals surface area (Å²) in [6, 6.07) is 2.91. The van der Waals surface area contributed by atoms with Crippen LogP contribution in [0.25, 0.3) is 0 Å². The zero-order valence-electron chi connectivity index (χ0n) is 10.5. The van der Waals surface area contributed by atoms with Crippen LogP contribution in [0.4, 0.5) is 15.8 Å². The molecule has 7 nitrogen and oxygen atoms in total. The van der Waals surface area contributed by atoms with Crippen LogP contribution in [0.1, 0.15) is 6.42 Å². The molecule has 1 aromatic rings. The highest BCUT2D eigenvalue weighted by atomic mass is 19.1. The molecule has 1 aliphatic rings. The number of non-ortho nitro benzene ring substituents is 1. The molecule has 20 heavy (non-hydrogen) atoms. The first-order chi connectivity index (χ1) is 9.43. The summed E-state index contributed by atoms with van der Waals surface area (Å²) in [5.41, 5.74) is -0.522. The van der Waals surface area contributed by atoms with Gasteiger partial charge in [-0.25, -0.2) is 4.39 Å². The lowest BCUT2D eigenvalue weighted by Crippen LogP contribution is -2.27. The predicted molar refractivity (Wildman–Crippen MR) is 65.5 cm³/mol. The van der Waals surface area contributed by atoms with Gasteiger partial charge >= 0.3 is 5.97 Å².